The molecule has 0 spiro atoms. The van der Waals surface area contributed by atoms with Crippen molar-refractivity contribution in [3.05, 3.63) is 0 Å². The van der Waals surface area contributed by atoms with E-state index in [0.29, 0.717) is 5.92 Å². The van der Waals surface area contributed by atoms with Crippen LogP contribution < -0.4 is 5.32 Å². The lowest BCUT2D eigenvalue weighted by Gasteiger charge is -2.37. The van der Waals surface area contributed by atoms with E-state index in [2.05, 4.69) is 17.1 Å². The molecule has 0 aliphatic heterocycles. The summed E-state index contributed by atoms with van der Waals surface area (Å²) in [6, 6.07) is 0.805. The molecule has 0 heterocycles. The molecule has 0 amide bonds. The first-order valence-electron chi connectivity index (χ1n) is 7.29. The third-order valence-corrected chi connectivity index (χ3v) is 4.49. The van der Waals surface area contributed by atoms with Crippen LogP contribution in [0.5, 0.6) is 0 Å². The first-order valence-corrected chi connectivity index (χ1v) is 7.29. The topological polar surface area (TPSA) is 35.5 Å². The summed E-state index contributed by atoms with van der Waals surface area (Å²) >= 11 is 0. The molecule has 0 bridgehead atoms. The van der Waals surface area contributed by atoms with Gasteiger partial charge < -0.3 is 10.4 Å². The SMILES string of the molecule is CCCCN(CC(CO)(NC)C1CC1)C1CC1. The van der Waals surface area contributed by atoms with Gasteiger partial charge in [0.15, 0.2) is 0 Å². The molecule has 17 heavy (non-hydrogen) atoms. The number of aliphatic hydroxyl groups is 1. The van der Waals surface area contributed by atoms with Gasteiger partial charge in [0, 0.05) is 12.6 Å². The molecule has 0 radical (unpaired) electrons. The Kier molecular flexibility index (Phi) is 4.45. The Morgan fingerprint density at radius 1 is 1.29 bits per heavy atom. The third-order valence-electron chi connectivity index (χ3n) is 4.49. The van der Waals surface area contributed by atoms with Crippen molar-refractivity contribution >= 4 is 0 Å². The number of nitrogens with zero attached hydrogens (tertiary/aromatic N) is 1. The molecule has 100 valence electrons. The van der Waals surface area contributed by atoms with Crippen LogP contribution in [0.15, 0.2) is 0 Å². The van der Waals surface area contributed by atoms with Crippen molar-refractivity contribution in [2.75, 3.05) is 26.7 Å². The number of aliphatic hydroxyl groups excluding tert-OH is 1. The Morgan fingerprint density at radius 2 is 2.00 bits per heavy atom. The van der Waals surface area contributed by atoms with Gasteiger partial charge >= 0.3 is 0 Å². The van der Waals surface area contributed by atoms with Gasteiger partial charge in [-0.15, -0.1) is 0 Å². The second-order valence-electron chi connectivity index (χ2n) is 5.89. The fourth-order valence-electron chi connectivity index (χ4n) is 2.86. The van der Waals surface area contributed by atoms with Crippen LogP contribution in [0.25, 0.3) is 0 Å². The van der Waals surface area contributed by atoms with Gasteiger partial charge in [-0.2, -0.15) is 0 Å². The molecule has 2 N–H and O–H groups in total. The maximum atomic E-state index is 9.77. The Labute approximate surface area is 106 Å². The van der Waals surface area contributed by atoms with Crippen LogP contribution in [0.4, 0.5) is 0 Å². The minimum absolute atomic E-state index is 0.0314. The lowest BCUT2D eigenvalue weighted by Crippen LogP contribution is -2.57. The standard InChI is InChI=1S/C14H28N2O/c1-3-4-9-16(13-7-8-13)10-14(11-17,15-2)12-5-6-12/h12-13,15,17H,3-11H2,1-2H3. The van der Waals surface area contributed by atoms with Crippen LogP contribution >= 0.6 is 0 Å². The Hall–Kier alpha value is -0.120. The Balaban J connectivity index is 1.93. The molecule has 2 aliphatic carbocycles. The van der Waals surface area contributed by atoms with Gasteiger partial charge in [0.05, 0.1) is 12.1 Å². The zero-order valence-corrected chi connectivity index (χ0v) is 11.4. The van der Waals surface area contributed by atoms with Gasteiger partial charge in [-0.25, -0.2) is 0 Å². The normalized spacial score (nSPS) is 24.0. The summed E-state index contributed by atoms with van der Waals surface area (Å²) in [4.78, 5) is 2.62. The van der Waals surface area contributed by atoms with Crippen molar-refractivity contribution in [1.82, 2.24) is 10.2 Å². The summed E-state index contributed by atoms with van der Waals surface area (Å²) in [7, 11) is 2.01. The summed E-state index contributed by atoms with van der Waals surface area (Å²) < 4.78 is 0. The van der Waals surface area contributed by atoms with Gasteiger partial charge in [-0.1, -0.05) is 13.3 Å². The molecule has 1 atom stereocenters. The van der Waals surface area contributed by atoms with E-state index in [4.69, 9.17) is 0 Å². The zero-order valence-electron chi connectivity index (χ0n) is 11.4. The van der Waals surface area contributed by atoms with Gasteiger partial charge in [0.1, 0.15) is 0 Å². The molecular formula is C14H28N2O. The van der Waals surface area contributed by atoms with E-state index in [-0.39, 0.29) is 12.1 Å². The van der Waals surface area contributed by atoms with Crippen molar-refractivity contribution in [1.29, 1.82) is 0 Å². The van der Waals surface area contributed by atoms with Gasteiger partial charge in [-0.3, -0.25) is 4.90 Å². The number of hydrogen-bond donors (Lipinski definition) is 2. The van der Waals surface area contributed by atoms with Crippen molar-refractivity contribution in [2.45, 2.75) is 57.0 Å². The molecule has 2 saturated carbocycles. The van der Waals surface area contributed by atoms with Crippen molar-refractivity contribution in [3.63, 3.8) is 0 Å². The second-order valence-corrected chi connectivity index (χ2v) is 5.89. The first-order chi connectivity index (χ1) is 8.25. The molecule has 2 rings (SSSR count). The first kappa shape index (κ1) is 13.3. The average Bonchev–Trinajstić information content (AvgIpc) is 3.20. The van der Waals surface area contributed by atoms with E-state index < -0.39 is 0 Å². The minimum atomic E-state index is -0.0314. The number of rotatable bonds is 9. The molecule has 2 aliphatic rings. The maximum Gasteiger partial charge on any atom is 0.0628 e. The molecule has 1 unspecified atom stereocenters. The van der Waals surface area contributed by atoms with E-state index in [1.807, 2.05) is 7.05 Å². The molecule has 0 aromatic carbocycles. The molecule has 2 fully saturated rings. The summed E-state index contributed by atoms with van der Waals surface area (Å²) in [5.74, 6) is 0.695. The predicted octanol–water partition coefficient (Wildman–Crippen LogP) is 1.61. The highest BCUT2D eigenvalue weighted by molar-refractivity contribution is 5.03. The highest BCUT2D eigenvalue weighted by Gasteiger charge is 2.46. The van der Waals surface area contributed by atoms with E-state index in [9.17, 15) is 5.11 Å². The van der Waals surface area contributed by atoms with E-state index in [0.717, 1.165) is 12.6 Å². The van der Waals surface area contributed by atoms with Crippen molar-refractivity contribution in [2.24, 2.45) is 5.92 Å². The summed E-state index contributed by atoms with van der Waals surface area (Å²) in [6.07, 6.45) is 7.84. The van der Waals surface area contributed by atoms with Crippen LogP contribution in [0.2, 0.25) is 0 Å². The van der Waals surface area contributed by atoms with Crippen LogP contribution in [0.1, 0.15) is 45.4 Å². The van der Waals surface area contributed by atoms with Crippen LogP contribution in [0, 0.1) is 5.92 Å². The van der Waals surface area contributed by atoms with Gasteiger partial charge in [0.25, 0.3) is 0 Å². The van der Waals surface area contributed by atoms with Crippen LogP contribution in [-0.4, -0.2) is 48.3 Å². The quantitative estimate of drug-likeness (QED) is 0.643. The summed E-state index contributed by atoms with van der Waals surface area (Å²) in [5, 5.41) is 13.2. The summed E-state index contributed by atoms with van der Waals surface area (Å²) in [6.45, 7) is 4.78. The fourth-order valence-corrected chi connectivity index (χ4v) is 2.86. The third kappa shape index (κ3) is 3.21. The predicted molar refractivity (Wildman–Crippen MR) is 71.1 cm³/mol. The molecule has 0 saturated heterocycles. The Bertz CT molecular complexity index is 232. The molecular weight excluding hydrogens is 212 g/mol. The molecule has 3 heteroatoms. The molecule has 0 aromatic heterocycles. The lowest BCUT2D eigenvalue weighted by atomic mass is 9.93. The smallest absolute Gasteiger partial charge is 0.0628 e. The van der Waals surface area contributed by atoms with Crippen molar-refractivity contribution < 1.29 is 5.11 Å². The number of nitrogens with one attached hydrogen (secondary N) is 1. The lowest BCUT2D eigenvalue weighted by molar-refractivity contribution is 0.0921. The fraction of sp³-hybridized carbons (Fsp3) is 1.00. The average molecular weight is 240 g/mol. The second kappa shape index (κ2) is 5.68. The zero-order chi connectivity index (χ0) is 12.3. The summed E-state index contributed by atoms with van der Waals surface area (Å²) in [5.41, 5.74) is -0.0314. The minimum Gasteiger partial charge on any atom is -0.394 e. The maximum absolute atomic E-state index is 9.77. The van der Waals surface area contributed by atoms with Crippen LogP contribution in [0.3, 0.4) is 0 Å². The van der Waals surface area contributed by atoms with Gasteiger partial charge in [0.2, 0.25) is 0 Å². The largest absolute Gasteiger partial charge is 0.394 e. The molecule has 0 aromatic rings. The number of unbranched alkanes of at least 4 members (excludes halogenated alkanes) is 1. The van der Waals surface area contributed by atoms with E-state index in [1.165, 1.54) is 45.1 Å². The van der Waals surface area contributed by atoms with E-state index in [1.54, 1.807) is 0 Å². The van der Waals surface area contributed by atoms with E-state index >= 15 is 0 Å². The van der Waals surface area contributed by atoms with Gasteiger partial charge in [-0.05, 0) is 51.6 Å². The Morgan fingerprint density at radius 3 is 2.41 bits per heavy atom. The van der Waals surface area contributed by atoms with Crippen LogP contribution in [-0.2, 0) is 0 Å². The highest BCUT2D eigenvalue weighted by Crippen LogP contribution is 2.41. The highest BCUT2D eigenvalue weighted by atomic mass is 16.3. The van der Waals surface area contributed by atoms with Crippen molar-refractivity contribution in [3.8, 4) is 0 Å². The molecule has 3 nitrogen and oxygen atoms in total. The number of hydrogen-bond acceptors (Lipinski definition) is 3. The number of likely N-dealkylation sites (N-methyl/N-ethyl adjacent to an activating group) is 1. The monoisotopic (exact) mass is 240 g/mol.